The molecule has 0 aliphatic carbocycles. The zero-order chi connectivity index (χ0) is 7.61. The fraction of sp³-hybridized carbons (Fsp3) is 0.714. The molecule has 0 bridgehead atoms. The maximum atomic E-state index is 10.8. The van der Waals surface area contributed by atoms with Crippen LogP contribution < -0.4 is 0 Å². The Morgan fingerprint density at radius 1 is 1.90 bits per heavy atom. The summed E-state index contributed by atoms with van der Waals surface area (Å²) >= 11 is 0. The molecule has 10 heavy (non-hydrogen) atoms. The molecule has 0 N–H and O–H groups in total. The van der Waals surface area contributed by atoms with E-state index in [0.29, 0.717) is 6.61 Å². The normalized spacial score (nSPS) is 37.1. The molecule has 0 radical (unpaired) electrons. The molecular weight excluding hydrogens is 148 g/mol. The van der Waals surface area contributed by atoms with Crippen molar-refractivity contribution in [2.45, 2.75) is 18.1 Å². The minimum atomic E-state index is -0.582. The van der Waals surface area contributed by atoms with E-state index in [1.807, 2.05) is 6.92 Å². The lowest BCUT2D eigenvalue weighted by Crippen LogP contribution is -2.08. The Balaban J connectivity index is 2.14. The molecule has 1 aliphatic rings. The molecule has 0 saturated carbocycles. The van der Waals surface area contributed by atoms with Gasteiger partial charge >= 0.3 is 0 Å². The molecule has 1 aliphatic heterocycles. The van der Waals surface area contributed by atoms with E-state index in [2.05, 4.69) is 6.58 Å². The summed E-state index contributed by atoms with van der Waals surface area (Å²) in [5.74, 6) is 0.841. The SMILES string of the molecule is C=COCCC1(C)CS1=O. The summed E-state index contributed by atoms with van der Waals surface area (Å²) in [7, 11) is -0.582. The number of ether oxygens (including phenoxy) is 1. The Labute approximate surface area is 63.7 Å². The molecule has 58 valence electrons. The third-order valence-electron chi connectivity index (χ3n) is 1.76. The zero-order valence-electron chi connectivity index (χ0n) is 6.13. The number of hydrogen-bond donors (Lipinski definition) is 0. The lowest BCUT2D eigenvalue weighted by atomic mass is 10.1. The van der Waals surface area contributed by atoms with Gasteiger partial charge in [-0.05, 0) is 13.3 Å². The zero-order valence-corrected chi connectivity index (χ0v) is 6.95. The van der Waals surface area contributed by atoms with Gasteiger partial charge in [-0.1, -0.05) is 6.58 Å². The van der Waals surface area contributed by atoms with Crippen molar-refractivity contribution in [1.82, 2.24) is 0 Å². The Morgan fingerprint density at radius 3 is 2.90 bits per heavy atom. The first kappa shape index (κ1) is 7.79. The van der Waals surface area contributed by atoms with Gasteiger partial charge in [0.1, 0.15) is 0 Å². The van der Waals surface area contributed by atoms with Gasteiger partial charge in [-0.25, -0.2) is 0 Å². The highest BCUT2D eigenvalue weighted by Gasteiger charge is 2.47. The van der Waals surface area contributed by atoms with Crippen molar-refractivity contribution in [3.8, 4) is 0 Å². The van der Waals surface area contributed by atoms with E-state index < -0.39 is 10.8 Å². The van der Waals surface area contributed by atoms with Gasteiger partial charge in [0.25, 0.3) is 0 Å². The third kappa shape index (κ3) is 1.59. The smallest absolute Gasteiger partial charge is 0.0887 e. The average Bonchev–Trinajstić information content (AvgIpc) is 2.42. The molecule has 2 unspecified atom stereocenters. The summed E-state index contributed by atoms with van der Waals surface area (Å²) < 4.78 is 15.8. The van der Waals surface area contributed by atoms with E-state index in [1.54, 1.807) is 0 Å². The van der Waals surface area contributed by atoms with Crippen molar-refractivity contribution < 1.29 is 8.95 Å². The van der Waals surface area contributed by atoms with Crippen LogP contribution in [0, 0.1) is 0 Å². The second-order valence-corrected chi connectivity index (χ2v) is 4.69. The first-order valence-electron chi connectivity index (χ1n) is 3.30. The molecule has 1 fully saturated rings. The highest BCUT2D eigenvalue weighted by Crippen LogP contribution is 2.34. The maximum absolute atomic E-state index is 10.8. The van der Waals surface area contributed by atoms with Crippen molar-refractivity contribution in [2.75, 3.05) is 12.4 Å². The second kappa shape index (κ2) is 2.74. The molecule has 1 heterocycles. The van der Waals surface area contributed by atoms with E-state index in [4.69, 9.17) is 4.74 Å². The van der Waals surface area contributed by atoms with Gasteiger partial charge in [-0.3, -0.25) is 4.21 Å². The van der Waals surface area contributed by atoms with E-state index in [0.717, 1.165) is 12.2 Å². The van der Waals surface area contributed by atoms with Crippen LogP contribution in [0.15, 0.2) is 12.8 Å². The summed E-state index contributed by atoms with van der Waals surface area (Å²) in [5, 5.41) is 0. The van der Waals surface area contributed by atoms with Gasteiger partial charge in [0.15, 0.2) is 0 Å². The van der Waals surface area contributed by atoms with Crippen LogP contribution in [0.4, 0.5) is 0 Å². The predicted molar refractivity (Wildman–Crippen MR) is 42.2 cm³/mol. The number of rotatable bonds is 4. The summed E-state index contributed by atoms with van der Waals surface area (Å²) in [4.78, 5) is 0. The van der Waals surface area contributed by atoms with Crippen molar-refractivity contribution in [2.24, 2.45) is 0 Å². The molecule has 0 spiro atoms. The van der Waals surface area contributed by atoms with Crippen LogP contribution in [0.1, 0.15) is 13.3 Å². The standard InChI is InChI=1S/C7H12O2S/c1-3-9-5-4-7(2)6-10(7)8/h3H,1,4-6H2,2H3. The Bertz CT molecular complexity index is 167. The molecule has 0 amide bonds. The molecule has 2 atom stereocenters. The first-order valence-corrected chi connectivity index (χ1v) is 4.62. The number of hydrogen-bond acceptors (Lipinski definition) is 2. The van der Waals surface area contributed by atoms with Gasteiger partial charge in [0.2, 0.25) is 0 Å². The van der Waals surface area contributed by atoms with Crippen LogP contribution in [-0.2, 0) is 15.5 Å². The molecule has 0 aromatic rings. The molecule has 2 nitrogen and oxygen atoms in total. The van der Waals surface area contributed by atoms with Crippen LogP contribution in [0.5, 0.6) is 0 Å². The largest absolute Gasteiger partial charge is 0.502 e. The Kier molecular flexibility index (Phi) is 2.14. The van der Waals surface area contributed by atoms with Crippen LogP contribution in [0.2, 0.25) is 0 Å². The van der Waals surface area contributed by atoms with Crippen molar-refractivity contribution in [1.29, 1.82) is 0 Å². The average molecular weight is 160 g/mol. The van der Waals surface area contributed by atoms with Crippen molar-refractivity contribution >= 4 is 10.8 Å². The van der Waals surface area contributed by atoms with Crippen molar-refractivity contribution in [3.05, 3.63) is 12.8 Å². The van der Waals surface area contributed by atoms with E-state index >= 15 is 0 Å². The topological polar surface area (TPSA) is 26.3 Å². The van der Waals surface area contributed by atoms with Crippen LogP contribution >= 0.6 is 0 Å². The first-order chi connectivity index (χ1) is 4.69. The van der Waals surface area contributed by atoms with Crippen LogP contribution in [0.25, 0.3) is 0 Å². The second-order valence-electron chi connectivity index (χ2n) is 2.73. The fourth-order valence-electron chi connectivity index (χ4n) is 0.792. The van der Waals surface area contributed by atoms with E-state index in [-0.39, 0.29) is 4.75 Å². The predicted octanol–water partition coefficient (Wildman–Crippen LogP) is 1.06. The van der Waals surface area contributed by atoms with Crippen LogP contribution in [0.3, 0.4) is 0 Å². The van der Waals surface area contributed by atoms with E-state index in [9.17, 15) is 4.21 Å². The molecule has 3 heteroatoms. The van der Waals surface area contributed by atoms with Gasteiger partial charge in [0, 0.05) is 16.6 Å². The summed E-state index contributed by atoms with van der Waals surface area (Å²) in [6.07, 6.45) is 2.31. The van der Waals surface area contributed by atoms with Crippen molar-refractivity contribution in [3.63, 3.8) is 0 Å². The Hall–Kier alpha value is -0.310. The molecule has 1 saturated heterocycles. The molecule has 1 rings (SSSR count). The van der Waals surface area contributed by atoms with Crippen LogP contribution in [-0.4, -0.2) is 21.3 Å². The summed E-state index contributed by atoms with van der Waals surface area (Å²) in [6, 6.07) is 0. The summed E-state index contributed by atoms with van der Waals surface area (Å²) in [5.41, 5.74) is 0. The lowest BCUT2D eigenvalue weighted by Gasteiger charge is -2.03. The molecule has 0 aromatic carbocycles. The maximum Gasteiger partial charge on any atom is 0.0887 e. The molecular formula is C7H12O2S. The van der Waals surface area contributed by atoms with Gasteiger partial charge in [-0.2, -0.15) is 0 Å². The highest BCUT2D eigenvalue weighted by molar-refractivity contribution is 7.94. The molecule has 0 aromatic heterocycles. The highest BCUT2D eigenvalue weighted by atomic mass is 32.2. The monoisotopic (exact) mass is 160 g/mol. The van der Waals surface area contributed by atoms with Gasteiger partial charge in [0.05, 0.1) is 17.6 Å². The van der Waals surface area contributed by atoms with Gasteiger partial charge < -0.3 is 4.74 Å². The fourth-order valence-corrected chi connectivity index (χ4v) is 1.89. The quantitative estimate of drug-likeness (QED) is 0.349. The lowest BCUT2D eigenvalue weighted by molar-refractivity contribution is 0.240. The minimum Gasteiger partial charge on any atom is -0.502 e. The summed E-state index contributed by atoms with van der Waals surface area (Å²) in [6.45, 7) is 6.09. The van der Waals surface area contributed by atoms with E-state index in [1.165, 1.54) is 6.26 Å². The Morgan fingerprint density at radius 2 is 2.50 bits per heavy atom. The minimum absolute atomic E-state index is 0.0585. The van der Waals surface area contributed by atoms with Gasteiger partial charge in [-0.15, -0.1) is 0 Å². The third-order valence-corrected chi connectivity index (χ3v) is 3.76.